The number of carbonyl (C=O) groups excluding carboxylic acids is 1. The van der Waals surface area contributed by atoms with Crippen molar-refractivity contribution in [1.82, 2.24) is 4.98 Å². The number of thioether (sulfide) groups is 1. The maximum atomic E-state index is 11.9. The molecule has 0 amide bonds. The first-order chi connectivity index (χ1) is 19.3. The molecular formula is C35H37ClNNaO2S. The van der Waals surface area contributed by atoms with Gasteiger partial charge in [0.05, 0.1) is 11.2 Å². The van der Waals surface area contributed by atoms with E-state index in [1.165, 1.54) is 36.6 Å². The van der Waals surface area contributed by atoms with Crippen LogP contribution in [0, 0.1) is 5.92 Å². The van der Waals surface area contributed by atoms with E-state index >= 15 is 0 Å². The number of fused-ring (bicyclic) bond motifs is 1. The molecule has 0 radical (unpaired) electrons. The number of pyridine rings is 1. The number of benzene rings is 3. The number of esters is 1. The van der Waals surface area contributed by atoms with Crippen LogP contribution >= 0.6 is 23.4 Å². The Morgan fingerprint density at radius 2 is 1.83 bits per heavy atom. The van der Waals surface area contributed by atoms with Gasteiger partial charge >= 0.3 is 35.5 Å². The van der Waals surface area contributed by atoms with Crippen LogP contribution in [0.5, 0.6) is 0 Å². The summed E-state index contributed by atoms with van der Waals surface area (Å²) in [6.45, 7) is 5.44. The number of aromatic nitrogens is 1. The van der Waals surface area contributed by atoms with Crippen molar-refractivity contribution >= 4 is 81.9 Å². The van der Waals surface area contributed by atoms with Crippen molar-refractivity contribution in [2.75, 3.05) is 11.5 Å². The van der Waals surface area contributed by atoms with Crippen LogP contribution in [0.15, 0.2) is 78.9 Å². The Kier molecular flexibility index (Phi) is 11.2. The first kappa shape index (κ1) is 31.8. The second kappa shape index (κ2) is 14.4. The van der Waals surface area contributed by atoms with Gasteiger partial charge in [0.25, 0.3) is 0 Å². The second-order valence-electron chi connectivity index (χ2n) is 11.1. The van der Waals surface area contributed by atoms with Gasteiger partial charge in [0.15, 0.2) is 0 Å². The molecule has 0 aliphatic heterocycles. The van der Waals surface area contributed by atoms with E-state index in [9.17, 15) is 4.79 Å². The summed E-state index contributed by atoms with van der Waals surface area (Å²) in [5.74, 6) is 3.17. The first-order valence-electron chi connectivity index (χ1n) is 14.0. The normalized spacial score (nSPS) is 14.1. The van der Waals surface area contributed by atoms with Gasteiger partial charge in [-0.25, -0.2) is 4.98 Å². The molecule has 0 saturated heterocycles. The fraction of sp³-hybridized carbons (Fsp3) is 0.314. The fourth-order valence-electron chi connectivity index (χ4n) is 5.26. The quantitative estimate of drug-likeness (QED) is 0.0989. The van der Waals surface area contributed by atoms with E-state index < -0.39 is 5.60 Å². The average Bonchev–Trinajstić information content (AvgIpc) is 3.76. The van der Waals surface area contributed by atoms with Crippen LogP contribution in [0.3, 0.4) is 0 Å². The summed E-state index contributed by atoms with van der Waals surface area (Å²) in [6.07, 6.45) is 7.95. The summed E-state index contributed by atoms with van der Waals surface area (Å²) in [7, 11) is 0. The number of carbonyl (C=O) groups is 1. The Labute approximate surface area is 275 Å². The molecule has 0 N–H and O–H groups in total. The van der Waals surface area contributed by atoms with E-state index in [-0.39, 0.29) is 41.4 Å². The van der Waals surface area contributed by atoms with Gasteiger partial charge in [-0.05, 0) is 97.1 Å². The minimum absolute atomic E-state index is 0. The second-order valence-corrected chi connectivity index (χ2v) is 12.7. The number of rotatable bonds is 11. The Bertz CT molecular complexity index is 1530. The molecule has 4 aromatic rings. The molecule has 1 heterocycles. The zero-order chi connectivity index (χ0) is 28.1. The molecule has 5 rings (SSSR count). The van der Waals surface area contributed by atoms with E-state index in [0.29, 0.717) is 5.02 Å². The Hall–Kier alpha value is -2.08. The fourth-order valence-corrected chi connectivity index (χ4v) is 6.66. The topological polar surface area (TPSA) is 39.2 Å². The van der Waals surface area contributed by atoms with Crippen molar-refractivity contribution < 1.29 is 9.53 Å². The van der Waals surface area contributed by atoms with Crippen LogP contribution in [0.25, 0.3) is 23.1 Å². The van der Waals surface area contributed by atoms with Crippen LogP contribution in [0.2, 0.25) is 5.02 Å². The molecular weight excluding hydrogens is 557 g/mol. The molecule has 6 heteroatoms. The summed E-state index contributed by atoms with van der Waals surface area (Å²) in [4.78, 5) is 16.7. The van der Waals surface area contributed by atoms with Crippen molar-refractivity contribution in [3.8, 4) is 0 Å². The molecule has 1 aliphatic carbocycles. The van der Waals surface area contributed by atoms with Gasteiger partial charge in [0.2, 0.25) is 0 Å². The number of nitrogens with zero attached hydrogens (tertiary/aromatic N) is 1. The van der Waals surface area contributed by atoms with E-state index in [4.69, 9.17) is 21.3 Å². The molecule has 1 unspecified atom stereocenters. The zero-order valence-corrected chi connectivity index (χ0v) is 25.0. The molecule has 1 fully saturated rings. The number of hydrogen-bond acceptors (Lipinski definition) is 4. The van der Waals surface area contributed by atoms with Gasteiger partial charge in [0.1, 0.15) is 5.60 Å². The molecule has 0 bridgehead atoms. The number of halogens is 1. The van der Waals surface area contributed by atoms with Crippen molar-refractivity contribution in [2.24, 2.45) is 5.92 Å². The monoisotopic (exact) mass is 593 g/mol. The predicted molar refractivity (Wildman–Crippen MR) is 177 cm³/mol. The molecule has 0 spiro atoms. The third kappa shape index (κ3) is 8.72. The molecule has 41 heavy (non-hydrogen) atoms. The van der Waals surface area contributed by atoms with Gasteiger partial charge in [-0.2, -0.15) is 11.8 Å². The molecule has 1 atom stereocenters. The Morgan fingerprint density at radius 3 is 2.61 bits per heavy atom. The van der Waals surface area contributed by atoms with E-state index in [1.807, 2.05) is 44.2 Å². The molecule has 1 aliphatic rings. The third-order valence-electron chi connectivity index (χ3n) is 7.42. The SMILES string of the molecule is CC(=O)OC(C)(C)c1ccccc1C(CCSCC1CC1)c1cccc(/C=C/c2ccc3ccc(Cl)cc3n2)c1.[NaH]. The standard InChI is InChI=1S/C35H36ClNO2S.Na.H/c1-24(38)39-35(2,3)33-10-5-4-9-32(33)31(19-20-40-23-26-11-12-26)28-8-6-7-25(21-28)13-17-30-18-15-27-14-16-29(36)22-34(27)37-30;;/h4-10,13-18,21-22,26,31H,11-12,19-20,23H2,1-3H3;;/b17-13+;;. The van der Waals surface area contributed by atoms with Crippen LogP contribution in [0.1, 0.15) is 73.9 Å². The van der Waals surface area contributed by atoms with Crippen LogP contribution in [-0.4, -0.2) is 52.0 Å². The maximum absolute atomic E-state index is 11.9. The van der Waals surface area contributed by atoms with Crippen LogP contribution in [-0.2, 0) is 15.1 Å². The van der Waals surface area contributed by atoms with Crippen LogP contribution in [0.4, 0.5) is 0 Å². The van der Waals surface area contributed by atoms with Crippen molar-refractivity contribution in [3.05, 3.63) is 112 Å². The summed E-state index contributed by atoms with van der Waals surface area (Å²) in [5, 5.41) is 1.76. The summed E-state index contributed by atoms with van der Waals surface area (Å²) in [5.41, 5.74) is 5.72. The summed E-state index contributed by atoms with van der Waals surface area (Å²) < 4.78 is 5.79. The Morgan fingerprint density at radius 1 is 1.05 bits per heavy atom. The van der Waals surface area contributed by atoms with Gasteiger partial charge in [-0.1, -0.05) is 78.3 Å². The van der Waals surface area contributed by atoms with E-state index in [1.54, 1.807) is 0 Å². The minimum atomic E-state index is -0.718. The molecule has 208 valence electrons. The van der Waals surface area contributed by atoms with Gasteiger partial charge in [-0.3, -0.25) is 4.79 Å². The predicted octanol–water partition coefficient (Wildman–Crippen LogP) is 8.87. The average molecular weight is 594 g/mol. The molecule has 3 nitrogen and oxygen atoms in total. The van der Waals surface area contributed by atoms with Gasteiger partial charge < -0.3 is 4.74 Å². The molecule has 1 saturated carbocycles. The van der Waals surface area contributed by atoms with E-state index in [2.05, 4.69) is 72.4 Å². The number of ether oxygens (including phenoxy) is 1. The summed E-state index contributed by atoms with van der Waals surface area (Å²) >= 11 is 8.25. The van der Waals surface area contributed by atoms with E-state index in [0.717, 1.165) is 45.8 Å². The first-order valence-corrected chi connectivity index (χ1v) is 15.5. The Balaban J connectivity index is 0.00000387. The third-order valence-corrected chi connectivity index (χ3v) is 8.89. The van der Waals surface area contributed by atoms with Crippen molar-refractivity contribution in [3.63, 3.8) is 0 Å². The van der Waals surface area contributed by atoms with Gasteiger partial charge in [0, 0.05) is 23.3 Å². The van der Waals surface area contributed by atoms with Crippen molar-refractivity contribution in [1.29, 1.82) is 0 Å². The molecule has 1 aromatic heterocycles. The number of hydrogen-bond donors (Lipinski definition) is 0. The van der Waals surface area contributed by atoms with Crippen LogP contribution < -0.4 is 0 Å². The van der Waals surface area contributed by atoms with Gasteiger partial charge in [-0.15, -0.1) is 0 Å². The molecule has 3 aromatic carbocycles. The summed E-state index contributed by atoms with van der Waals surface area (Å²) in [6, 6.07) is 27.1. The zero-order valence-electron chi connectivity index (χ0n) is 23.4. The van der Waals surface area contributed by atoms with Crippen molar-refractivity contribution in [2.45, 2.75) is 51.6 Å².